The lowest BCUT2D eigenvalue weighted by Crippen LogP contribution is -2.00. The molecule has 0 bridgehead atoms. The third-order valence-electron chi connectivity index (χ3n) is 10.4. The lowest BCUT2D eigenvalue weighted by Gasteiger charge is -2.11. The maximum absolute atomic E-state index is 9.73. The number of hydrogen-bond acceptors (Lipinski definition) is 5. The van der Waals surface area contributed by atoms with Gasteiger partial charge in [-0.05, 0) is 74.8 Å². The number of benzene rings is 8. The minimum Gasteiger partial charge on any atom is -0.456 e. The summed E-state index contributed by atoms with van der Waals surface area (Å²) in [5, 5.41) is 11.8. The molecule has 0 amide bonds. The highest BCUT2D eigenvalue weighted by atomic mass is 16.3. The Hall–Kier alpha value is -7.94. The van der Waals surface area contributed by atoms with E-state index in [1.807, 2.05) is 91.0 Å². The van der Waals surface area contributed by atoms with Gasteiger partial charge in [0.1, 0.15) is 11.2 Å². The Kier molecular flexibility index (Phi) is 8.48. The molecule has 5 nitrogen and oxygen atoms in total. The van der Waals surface area contributed by atoms with E-state index in [0.29, 0.717) is 23.0 Å². The summed E-state index contributed by atoms with van der Waals surface area (Å²) < 4.78 is 6.49. The van der Waals surface area contributed by atoms with Gasteiger partial charge in [0.15, 0.2) is 17.5 Å². The number of furan rings is 1. The molecule has 0 aliphatic heterocycles. The molecule has 10 aromatic rings. The maximum Gasteiger partial charge on any atom is 0.164 e. The molecule has 0 aliphatic carbocycles. The molecule has 5 heteroatoms. The molecule has 2 aromatic heterocycles. The Labute approximate surface area is 329 Å². The summed E-state index contributed by atoms with van der Waals surface area (Å²) in [7, 11) is 0. The second-order valence-corrected chi connectivity index (χ2v) is 13.9. The van der Waals surface area contributed by atoms with Crippen LogP contribution in [0.2, 0.25) is 0 Å². The van der Waals surface area contributed by atoms with Crippen LogP contribution in [0.4, 0.5) is 0 Å². The zero-order valence-electron chi connectivity index (χ0n) is 30.7. The lowest BCUT2D eigenvalue weighted by molar-refractivity contribution is 0.669. The first kappa shape index (κ1) is 33.6. The Balaban J connectivity index is 1.08. The van der Waals surface area contributed by atoms with Crippen LogP contribution in [0.25, 0.3) is 101 Å². The summed E-state index contributed by atoms with van der Waals surface area (Å²) in [6.07, 6.45) is 0. The molecule has 2 heterocycles. The molecule has 0 saturated heterocycles. The van der Waals surface area contributed by atoms with E-state index < -0.39 is 0 Å². The highest BCUT2D eigenvalue weighted by molar-refractivity contribution is 6.13. The average Bonchev–Trinajstić information content (AvgIpc) is 3.68. The molecule has 0 radical (unpaired) electrons. The predicted molar refractivity (Wildman–Crippen MR) is 230 cm³/mol. The van der Waals surface area contributed by atoms with Gasteiger partial charge in [-0.25, -0.2) is 15.0 Å². The monoisotopic (exact) mass is 728 g/mol. The van der Waals surface area contributed by atoms with Crippen molar-refractivity contribution in [1.29, 1.82) is 5.26 Å². The van der Waals surface area contributed by atoms with Gasteiger partial charge < -0.3 is 4.42 Å². The fourth-order valence-electron chi connectivity index (χ4n) is 7.54. The standard InChI is InChI=1S/C52H32N4O/c53-33-43-15-7-8-18-44(43)38-25-27-39(28-26-38)50-54-51(41-17-9-16-40(31-41)36-23-21-35(22-24-36)34-11-3-1-4-12-34)56-52(55-50)42-29-30-46-48(32-42)57-47-20-10-19-45(49(46)47)37-13-5-2-6-14-37/h1-32H. The van der Waals surface area contributed by atoms with Crippen molar-refractivity contribution in [2.45, 2.75) is 0 Å². The van der Waals surface area contributed by atoms with Crippen LogP contribution in [0.1, 0.15) is 5.56 Å². The molecule has 266 valence electrons. The lowest BCUT2D eigenvalue weighted by atomic mass is 9.98. The largest absolute Gasteiger partial charge is 0.456 e. The van der Waals surface area contributed by atoms with Gasteiger partial charge in [-0.2, -0.15) is 5.26 Å². The zero-order valence-corrected chi connectivity index (χ0v) is 30.7. The Morgan fingerprint density at radius 1 is 0.351 bits per heavy atom. The third-order valence-corrected chi connectivity index (χ3v) is 10.4. The van der Waals surface area contributed by atoms with Crippen LogP contribution in [0.15, 0.2) is 199 Å². The number of rotatable bonds is 7. The summed E-state index contributed by atoms with van der Waals surface area (Å²) in [5.41, 5.74) is 13.4. The van der Waals surface area contributed by atoms with Crippen LogP contribution in [0.5, 0.6) is 0 Å². The van der Waals surface area contributed by atoms with E-state index in [-0.39, 0.29) is 0 Å². The summed E-state index contributed by atoms with van der Waals surface area (Å²) in [6.45, 7) is 0. The minimum absolute atomic E-state index is 0.539. The zero-order chi connectivity index (χ0) is 38.1. The smallest absolute Gasteiger partial charge is 0.164 e. The van der Waals surface area contributed by atoms with E-state index >= 15 is 0 Å². The van der Waals surface area contributed by atoms with Gasteiger partial charge in [0.2, 0.25) is 0 Å². The summed E-state index contributed by atoms with van der Waals surface area (Å²) >= 11 is 0. The molecule has 0 saturated carbocycles. The molecule has 8 aromatic carbocycles. The molecule has 0 N–H and O–H groups in total. The van der Waals surface area contributed by atoms with E-state index in [2.05, 4.69) is 109 Å². The van der Waals surface area contributed by atoms with E-state index in [1.165, 1.54) is 11.1 Å². The molecular weight excluding hydrogens is 697 g/mol. The van der Waals surface area contributed by atoms with E-state index in [9.17, 15) is 5.26 Å². The molecule has 0 spiro atoms. The van der Waals surface area contributed by atoms with Crippen LogP contribution in [0.3, 0.4) is 0 Å². The molecule has 10 rings (SSSR count). The number of hydrogen-bond donors (Lipinski definition) is 0. The number of fused-ring (bicyclic) bond motifs is 3. The second-order valence-electron chi connectivity index (χ2n) is 13.9. The molecule has 0 aliphatic rings. The van der Waals surface area contributed by atoms with Crippen molar-refractivity contribution in [3.8, 4) is 84.7 Å². The van der Waals surface area contributed by atoms with Crippen molar-refractivity contribution in [2.75, 3.05) is 0 Å². The maximum atomic E-state index is 9.73. The molecule has 0 atom stereocenters. The van der Waals surface area contributed by atoms with Crippen molar-refractivity contribution >= 4 is 21.9 Å². The van der Waals surface area contributed by atoms with Crippen LogP contribution < -0.4 is 0 Å². The van der Waals surface area contributed by atoms with Crippen molar-refractivity contribution in [3.63, 3.8) is 0 Å². The van der Waals surface area contributed by atoms with Gasteiger partial charge >= 0.3 is 0 Å². The van der Waals surface area contributed by atoms with Crippen molar-refractivity contribution in [1.82, 2.24) is 15.0 Å². The van der Waals surface area contributed by atoms with Gasteiger partial charge in [0, 0.05) is 27.5 Å². The summed E-state index contributed by atoms with van der Waals surface area (Å²) in [4.78, 5) is 15.2. The normalized spacial score (nSPS) is 11.1. The SMILES string of the molecule is N#Cc1ccccc1-c1ccc(-c2nc(-c3cccc(-c4ccc(-c5ccccc5)cc4)c3)nc(-c3ccc4c(c3)oc3cccc(-c5ccccc5)c34)n2)cc1. The molecule has 0 fully saturated rings. The number of nitriles is 1. The molecule has 0 unspecified atom stereocenters. The number of aromatic nitrogens is 3. The predicted octanol–water partition coefficient (Wildman–Crippen LogP) is 13.3. The van der Waals surface area contributed by atoms with Crippen molar-refractivity contribution in [2.24, 2.45) is 0 Å². The average molecular weight is 729 g/mol. The first-order valence-electron chi connectivity index (χ1n) is 18.8. The van der Waals surface area contributed by atoms with Gasteiger partial charge in [-0.15, -0.1) is 0 Å². The number of nitrogens with zero attached hydrogens (tertiary/aromatic N) is 4. The van der Waals surface area contributed by atoms with Gasteiger partial charge in [-0.1, -0.05) is 164 Å². The minimum atomic E-state index is 0.539. The Morgan fingerprint density at radius 2 is 0.825 bits per heavy atom. The van der Waals surface area contributed by atoms with E-state index in [4.69, 9.17) is 19.4 Å². The van der Waals surface area contributed by atoms with Crippen LogP contribution in [0, 0.1) is 11.3 Å². The van der Waals surface area contributed by atoms with Crippen LogP contribution in [-0.2, 0) is 0 Å². The molecular formula is C52H32N4O. The summed E-state index contributed by atoms with van der Waals surface area (Å²) in [6, 6.07) is 68.1. The second kappa shape index (κ2) is 14.4. The van der Waals surface area contributed by atoms with Gasteiger partial charge in [0.25, 0.3) is 0 Å². The first-order chi connectivity index (χ1) is 28.2. The summed E-state index contributed by atoms with van der Waals surface area (Å²) in [5.74, 6) is 1.65. The first-order valence-corrected chi connectivity index (χ1v) is 18.8. The highest BCUT2D eigenvalue weighted by Gasteiger charge is 2.17. The van der Waals surface area contributed by atoms with Crippen molar-refractivity contribution < 1.29 is 4.42 Å². The van der Waals surface area contributed by atoms with Gasteiger partial charge in [0.05, 0.1) is 11.6 Å². The Morgan fingerprint density at radius 3 is 1.54 bits per heavy atom. The Bertz CT molecular complexity index is 3110. The third kappa shape index (κ3) is 6.42. The van der Waals surface area contributed by atoms with Crippen LogP contribution in [-0.4, -0.2) is 15.0 Å². The van der Waals surface area contributed by atoms with E-state index in [1.54, 1.807) is 0 Å². The molecule has 57 heavy (non-hydrogen) atoms. The fraction of sp³-hybridized carbons (Fsp3) is 0. The topological polar surface area (TPSA) is 75.6 Å². The van der Waals surface area contributed by atoms with Gasteiger partial charge in [-0.3, -0.25) is 0 Å². The van der Waals surface area contributed by atoms with Crippen molar-refractivity contribution in [3.05, 3.63) is 200 Å². The van der Waals surface area contributed by atoms with Crippen LogP contribution >= 0.6 is 0 Å². The highest BCUT2D eigenvalue weighted by Crippen LogP contribution is 2.38. The van der Waals surface area contributed by atoms with E-state index in [0.717, 1.165) is 72.0 Å². The fourth-order valence-corrected chi connectivity index (χ4v) is 7.54. The quantitative estimate of drug-likeness (QED) is 0.163.